The summed E-state index contributed by atoms with van der Waals surface area (Å²) < 4.78 is 39.6. The molecule has 9 heteroatoms. The van der Waals surface area contributed by atoms with E-state index in [2.05, 4.69) is 10.6 Å². The molecule has 0 saturated heterocycles. The third-order valence-corrected chi connectivity index (χ3v) is 4.01. The van der Waals surface area contributed by atoms with Gasteiger partial charge in [0, 0.05) is 30.9 Å². The van der Waals surface area contributed by atoms with Crippen molar-refractivity contribution in [3.8, 4) is 0 Å². The van der Waals surface area contributed by atoms with Crippen molar-refractivity contribution in [2.45, 2.75) is 13.0 Å². The Morgan fingerprint density at radius 3 is 2.42 bits per heavy atom. The van der Waals surface area contributed by atoms with Crippen molar-refractivity contribution in [3.05, 3.63) is 58.9 Å². The van der Waals surface area contributed by atoms with Gasteiger partial charge < -0.3 is 20.6 Å². The van der Waals surface area contributed by atoms with Gasteiger partial charge in [-0.3, -0.25) is 0 Å². The molecule has 0 aliphatic carbocycles. The molecule has 2 aromatic rings. The summed E-state index contributed by atoms with van der Waals surface area (Å²) in [5.41, 5.74) is 1.64. The number of fused-ring (bicyclic) bond motifs is 1. The zero-order chi connectivity index (χ0) is 18.8. The molecule has 0 aromatic heterocycles. The Morgan fingerprint density at radius 1 is 0.962 bits per heavy atom. The van der Waals surface area contributed by atoms with Gasteiger partial charge in [0.1, 0.15) is 5.82 Å². The quantitative estimate of drug-likeness (QED) is 0.709. The molecular weight excluding hydrogens is 351 g/mol. The van der Waals surface area contributed by atoms with Gasteiger partial charge in [-0.2, -0.15) is 0 Å². The van der Waals surface area contributed by atoms with Crippen molar-refractivity contribution in [2.75, 3.05) is 17.2 Å². The number of carbonyl (C=O) groups excluding carboxylic acids is 1. The van der Waals surface area contributed by atoms with Crippen LogP contribution < -0.4 is 10.6 Å². The molecule has 1 aliphatic rings. The van der Waals surface area contributed by atoms with Crippen molar-refractivity contribution in [3.63, 3.8) is 0 Å². The lowest BCUT2D eigenvalue weighted by molar-refractivity contribution is 0.140. The number of amides is 3. The Morgan fingerprint density at radius 2 is 1.69 bits per heavy atom. The lowest BCUT2D eigenvalue weighted by Gasteiger charge is -2.26. The van der Waals surface area contributed by atoms with E-state index in [1.54, 1.807) is 18.2 Å². The highest BCUT2D eigenvalue weighted by atomic mass is 19.2. The average molecular weight is 365 g/mol. The maximum absolute atomic E-state index is 13.6. The average Bonchev–Trinajstić information content (AvgIpc) is 2.59. The van der Waals surface area contributed by atoms with Gasteiger partial charge in [-0.25, -0.2) is 22.8 Å². The molecule has 26 heavy (non-hydrogen) atoms. The monoisotopic (exact) mass is 365 g/mol. The van der Waals surface area contributed by atoms with Crippen LogP contribution in [0, 0.1) is 17.5 Å². The van der Waals surface area contributed by atoms with Gasteiger partial charge in [-0.05, 0) is 29.7 Å². The molecule has 2 aromatic carbocycles. The Kier molecular flexibility index (Phi) is 4.70. The number of nitrogens with one attached hydrogen (secondary N) is 2. The second-order valence-corrected chi connectivity index (χ2v) is 5.76. The smallest absolute Gasteiger partial charge is 0.407 e. The normalized spacial score (nSPS) is 13.1. The van der Waals surface area contributed by atoms with Crippen LogP contribution >= 0.6 is 0 Å². The molecule has 0 spiro atoms. The molecule has 0 saturated carbocycles. The fourth-order valence-corrected chi connectivity index (χ4v) is 2.70. The third-order valence-electron chi connectivity index (χ3n) is 4.01. The number of nitrogens with zero attached hydrogens (tertiary/aromatic N) is 1. The van der Waals surface area contributed by atoms with Gasteiger partial charge in [-0.15, -0.1) is 0 Å². The van der Waals surface area contributed by atoms with E-state index in [4.69, 9.17) is 5.11 Å². The Labute approximate surface area is 146 Å². The van der Waals surface area contributed by atoms with Crippen molar-refractivity contribution in [1.82, 2.24) is 4.90 Å². The lowest BCUT2D eigenvalue weighted by Crippen LogP contribution is -2.34. The zero-order valence-corrected chi connectivity index (χ0v) is 13.4. The number of carboxylic acid groups (broad SMARTS) is 1. The zero-order valence-electron chi connectivity index (χ0n) is 13.4. The minimum atomic E-state index is -1.35. The van der Waals surface area contributed by atoms with E-state index < -0.39 is 35.3 Å². The molecule has 0 bridgehead atoms. The first-order valence-corrected chi connectivity index (χ1v) is 7.65. The van der Waals surface area contributed by atoms with Crippen LogP contribution in [0.1, 0.15) is 11.1 Å². The summed E-state index contributed by atoms with van der Waals surface area (Å²) in [7, 11) is 0. The van der Waals surface area contributed by atoms with E-state index >= 15 is 0 Å². The number of benzene rings is 2. The lowest BCUT2D eigenvalue weighted by atomic mass is 9.99. The van der Waals surface area contributed by atoms with Crippen LogP contribution in [0.5, 0.6) is 0 Å². The fourth-order valence-electron chi connectivity index (χ4n) is 2.70. The first kappa shape index (κ1) is 17.6. The third kappa shape index (κ3) is 3.71. The fraction of sp³-hybridized carbons (Fsp3) is 0.176. The Hall–Kier alpha value is -3.23. The number of hydrogen-bond donors (Lipinski definition) is 3. The van der Waals surface area contributed by atoms with Gasteiger partial charge in [0.25, 0.3) is 0 Å². The summed E-state index contributed by atoms with van der Waals surface area (Å²) >= 11 is 0. The number of carbonyl (C=O) groups is 2. The van der Waals surface area contributed by atoms with E-state index in [0.29, 0.717) is 30.8 Å². The van der Waals surface area contributed by atoms with Gasteiger partial charge in [-0.1, -0.05) is 6.07 Å². The number of hydrogen-bond acceptors (Lipinski definition) is 2. The first-order chi connectivity index (χ1) is 12.3. The summed E-state index contributed by atoms with van der Waals surface area (Å²) in [5.74, 6) is -3.73. The number of urea groups is 1. The molecule has 6 nitrogen and oxygen atoms in total. The second-order valence-electron chi connectivity index (χ2n) is 5.76. The summed E-state index contributed by atoms with van der Waals surface area (Å²) in [6.45, 7) is 0.606. The number of rotatable bonds is 2. The molecule has 136 valence electrons. The second kappa shape index (κ2) is 6.95. The highest BCUT2D eigenvalue weighted by Gasteiger charge is 2.20. The van der Waals surface area contributed by atoms with Gasteiger partial charge in [0.15, 0.2) is 11.6 Å². The minimum Gasteiger partial charge on any atom is -0.465 e. The molecule has 0 radical (unpaired) electrons. The molecule has 0 fully saturated rings. The summed E-state index contributed by atoms with van der Waals surface area (Å²) in [4.78, 5) is 24.2. The maximum Gasteiger partial charge on any atom is 0.407 e. The molecular formula is C17H14F3N3O3. The summed E-state index contributed by atoms with van der Waals surface area (Å²) in [6, 6.07) is 5.03. The predicted molar refractivity (Wildman–Crippen MR) is 87.5 cm³/mol. The van der Waals surface area contributed by atoms with E-state index in [1.165, 1.54) is 4.90 Å². The minimum absolute atomic E-state index is 0.261. The van der Waals surface area contributed by atoms with Gasteiger partial charge in [0.2, 0.25) is 0 Å². The van der Waals surface area contributed by atoms with Crippen molar-refractivity contribution < 1.29 is 27.9 Å². The van der Waals surface area contributed by atoms with E-state index in [-0.39, 0.29) is 6.54 Å². The van der Waals surface area contributed by atoms with E-state index in [1.807, 2.05) is 0 Å². The number of anilines is 2. The standard InChI is InChI=1S/C17H14F3N3O3/c18-12-6-14(20)15(7-13(12)19)22-16(24)21-11-2-1-10-8-23(17(25)26)4-3-9(10)5-11/h1-2,5-7H,3-4,8H2,(H,25,26)(H2,21,22,24). The van der Waals surface area contributed by atoms with Crippen LogP contribution in [-0.4, -0.2) is 28.7 Å². The molecule has 3 rings (SSSR count). The molecule has 0 unspecified atom stereocenters. The van der Waals surface area contributed by atoms with E-state index in [0.717, 1.165) is 11.1 Å². The van der Waals surface area contributed by atoms with Crippen LogP contribution in [0.4, 0.5) is 34.1 Å². The largest absolute Gasteiger partial charge is 0.465 e. The summed E-state index contributed by atoms with van der Waals surface area (Å²) in [6.07, 6.45) is -0.498. The van der Waals surface area contributed by atoms with Gasteiger partial charge in [0.05, 0.1) is 5.69 Å². The highest BCUT2D eigenvalue weighted by Crippen LogP contribution is 2.23. The highest BCUT2D eigenvalue weighted by molar-refractivity contribution is 5.99. The topological polar surface area (TPSA) is 81.7 Å². The van der Waals surface area contributed by atoms with Gasteiger partial charge >= 0.3 is 12.1 Å². The van der Waals surface area contributed by atoms with Crippen LogP contribution in [-0.2, 0) is 13.0 Å². The molecule has 1 aliphatic heterocycles. The molecule has 1 heterocycles. The predicted octanol–water partition coefficient (Wildman–Crippen LogP) is 3.78. The molecule has 3 amide bonds. The Balaban J connectivity index is 1.69. The molecule has 0 atom stereocenters. The van der Waals surface area contributed by atoms with Crippen molar-refractivity contribution >= 4 is 23.5 Å². The Bertz CT molecular complexity index is 889. The van der Waals surface area contributed by atoms with E-state index in [9.17, 15) is 22.8 Å². The molecule has 3 N–H and O–H groups in total. The van der Waals surface area contributed by atoms with Crippen LogP contribution in [0.2, 0.25) is 0 Å². The van der Waals surface area contributed by atoms with Crippen LogP contribution in [0.15, 0.2) is 30.3 Å². The summed E-state index contributed by atoms with van der Waals surface area (Å²) in [5, 5.41) is 13.6. The number of halogens is 3. The van der Waals surface area contributed by atoms with Crippen LogP contribution in [0.25, 0.3) is 0 Å². The van der Waals surface area contributed by atoms with Crippen molar-refractivity contribution in [1.29, 1.82) is 0 Å². The van der Waals surface area contributed by atoms with Crippen molar-refractivity contribution in [2.24, 2.45) is 0 Å². The SMILES string of the molecule is O=C(Nc1ccc2c(c1)CCN(C(=O)O)C2)Nc1cc(F)c(F)cc1F. The van der Waals surface area contributed by atoms with Crippen LogP contribution in [0.3, 0.4) is 0 Å². The first-order valence-electron chi connectivity index (χ1n) is 7.65. The maximum atomic E-state index is 13.6.